The van der Waals surface area contributed by atoms with Gasteiger partial charge < -0.3 is 16.0 Å². The maximum absolute atomic E-state index is 13.7. The van der Waals surface area contributed by atoms with Crippen molar-refractivity contribution in [2.75, 3.05) is 17.2 Å². The summed E-state index contributed by atoms with van der Waals surface area (Å²) in [5.74, 6) is 0.166. The zero-order valence-corrected chi connectivity index (χ0v) is 21.4. The molecule has 6 heteroatoms. The normalized spacial score (nSPS) is 18.7. The van der Waals surface area contributed by atoms with Crippen molar-refractivity contribution in [2.24, 2.45) is 5.92 Å². The van der Waals surface area contributed by atoms with E-state index in [4.69, 9.17) is 0 Å². The third-order valence-electron chi connectivity index (χ3n) is 7.90. The van der Waals surface area contributed by atoms with Crippen molar-refractivity contribution in [1.82, 2.24) is 10.6 Å². The molecule has 1 saturated carbocycles. The lowest BCUT2D eigenvalue weighted by Crippen LogP contribution is -2.56. The molecule has 1 heterocycles. The molecule has 2 aromatic rings. The summed E-state index contributed by atoms with van der Waals surface area (Å²) in [6.07, 6.45) is 7.88. The summed E-state index contributed by atoms with van der Waals surface area (Å²) in [6, 6.07) is 12.2. The Morgan fingerprint density at radius 1 is 1.11 bits per heavy atom. The summed E-state index contributed by atoms with van der Waals surface area (Å²) in [5, 5.41) is 13.4. The van der Waals surface area contributed by atoms with E-state index in [0.29, 0.717) is 0 Å². The number of carbonyl (C=O) groups excluding carboxylic acids is 2. The van der Waals surface area contributed by atoms with Gasteiger partial charge in [0.2, 0.25) is 12.3 Å². The Kier molecular flexibility index (Phi) is 8.24. The van der Waals surface area contributed by atoms with Gasteiger partial charge in [0.05, 0.1) is 6.04 Å². The molecule has 0 saturated heterocycles. The van der Waals surface area contributed by atoms with E-state index in [1.807, 2.05) is 19.1 Å². The minimum absolute atomic E-state index is 0.00944. The van der Waals surface area contributed by atoms with Crippen molar-refractivity contribution in [3.05, 3.63) is 58.7 Å². The second-order valence-corrected chi connectivity index (χ2v) is 10.4. The third kappa shape index (κ3) is 5.76. The van der Waals surface area contributed by atoms with Crippen LogP contribution in [0.3, 0.4) is 0 Å². The van der Waals surface area contributed by atoms with Crippen molar-refractivity contribution >= 4 is 23.7 Å². The predicted molar refractivity (Wildman–Crippen MR) is 142 cm³/mol. The molecular weight excluding hydrogens is 436 g/mol. The van der Waals surface area contributed by atoms with E-state index in [2.05, 4.69) is 59.4 Å². The van der Waals surface area contributed by atoms with Crippen LogP contribution in [0.25, 0.3) is 0 Å². The molecule has 188 valence electrons. The quantitative estimate of drug-likeness (QED) is 0.384. The maximum Gasteiger partial charge on any atom is 0.241 e. The van der Waals surface area contributed by atoms with Crippen LogP contribution in [-0.4, -0.2) is 24.9 Å². The fourth-order valence-electron chi connectivity index (χ4n) is 5.68. The lowest BCUT2D eigenvalue weighted by molar-refractivity contribution is -0.120. The second kappa shape index (κ2) is 11.4. The van der Waals surface area contributed by atoms with E-state index in [1.54, 1.807) is 0 Å². The molecule has 1 unspecified atom stereocenters. The van der Waals surface area contributed by atoms with Gasteiger partial charge in [0.1, 0.15) is 0 Å². The number of fused-ring (bicyclic) bond motifs is 1. The Morgan fingerprint density at radius 2 is 1.91 bits per heavy atom. The smallest absolute Gasteiger partial charge is 0.241 e. The fourth-order valence-corrected chi connectivity index (χ4v) is 5.68. The molecular formula is C29H40N4O2. The van der Waals surface area contributed by atoms with Gasteiger partial charge in [-0.2, -0.15) is 0 Å². The van der Waals surface area contributed by atoms with E-state index in [1.165, 1.54) is 17.5 Å². The summed E-state index contributed by atoms with van der Waals surface area (Å²) in [5.41, 5.74) is 6.14. The minimum Gasteiger partial charge on any atom is -0.328 e. The Bertz CT molecular complexity index is 1040. The Morgan fingerprint density at radius 3 is 2.66 bits per heavy atom. The molecule has 35 heavy (non-hydrogen) atoms. The van der Waals surface area contributed by atoms with Gasteiger partial charge in [-0.1, -0.05) is 57.7 Å². The average Bonchev–Trinajstić information content (AvgIpc) is 2.87. The zero-order valence-electron chi connectivity index (χ0n) is 21.4. The van der Waals surface area contributed by atoms with Gasteiger partial charge in [0.25, 0.3) is 0 Å². The number of amides is 2. The summed E-state index contributed by atoms with van der Waals surface area (Å²) >= 11 is 0. The predicted octanol–water partition coefficient (Wildman–Crippen LogP) is 5.01. The molecule has 4 rings (SSSR count). The van der Waals surface area contributed by atoms with E-state index in [0.717, 1.165) is 80.5 Å². The SMILES string of the molecule is CC[C@@H](C)C(NC1(c2ccc(C)cc2NC=O)CCCCC1)C(=O)Nc1ccc2c(c1)CCNC2. The zero-order chi connectivity index (χ0) is 24.8. The first-order valence-electron chi connectivity index (χ1n) is 13.2. The number of hydrogen-bond donors (Lipinski definition) is 4. The van der Waals surface area contributed by atoms with Crippen LogP contribution >= 0.6 is 0 Å². The Hall–Kier alpha value is -2.70. The topological polar surface area (TPSA) is 82.3 Å². The van der Waals surface area contributed by atoms with Crippen LogP contribution < -0.4 is 21.3 Å². The summed E-state index contributed by atoms with van der Waals surface area (Å²) in [4.78, 5) is 25.2. The lowest BCUT2D eigenvalue weighted by atomic mass is 9.74. The highest BCUT2D eigenvalue weighted by Gasteiger charge is 2.40. The van der Waals surface area contributed by atoms with Crippen molar-refractivity contribution in [3.8, 4) is 0 Å². The van der Waals surface area contributed by atoms with E-state index in [9.17, 15) is 9.59 Å². The standard InChI is InChI=1S/C29H40N4O2/c1-4-21(3)27(28(35)32-24-10-9-23-18-30-15-12-22(23)17-24)33-29(13-6-5-7-14-29)25-11-8-20(2)16-26(25)31-19-34/h8-11,16-17,19,21,27,30,33H,4-7,12-15,18H2,1-3H3,(H,31,34)(H,32,35)/t21-,27?/m1/s1. The molecule has 1 aliphatic heterocycles. The van der Waals surface area contributed by atoms with Crippen molar-refractivity contribution in [1.29, 1.82) is 0 Å². The first-order chi connectivity index (χ1) is 17.0. The van der Waals surface area contributed by atoms with Crippen LogP contribution in [0.1, 0.15) is 74.6 Å². The van der Waals surface area contributed by atoms with Crippen LogP contribution in [0.4, 0.5) is 11.4 Å². The molecule has 2 aromatic carbocycles. The summed E-state index contributed by atoms with van der Waals surface area (Å²) in [7, 11) is 0. The van der Waals surface area contributed by atoms with Gasteiger partial charge in [0.15, 0.2) is 0 Å². The Labute approximate surface area is 209 Å². The van der Waals surface area contributed by atoms with Crippen LogP contribution in [0, 0.1) is 12.8 Å². The largest absolute Gasteiger partial charge is 0.328 e. The second-order valence-electron chi connectivity index (χ2n) is 10.4. The van der Waals surface area contributed by atoms with Crippen molar-refractivity contribution < 1.29 is 9.59 Å². The van der Waals surface area contributed by atoms with Gasteiger partial charge in [0, 0.05) is 23.5 Å². The minimum atomic E-state index is -0.357. The van der Waals surface area contributed by atoms with Gasteiger partial charge in [-0.25, -0.2) is 0 Å². The van der Waals surface area contributed by atoms with Crippen LogP contribution in [0.2, 0.25) is 0 Å². The van der Waals surface area contributed by atoms with E-state index in [-0.39, 0.29) is 23.4 Å². The van der Waals surface area contributed by atoms with Crippen molar-refractivity contribution in [3.63, 3.8) is 0 Å². The molecule has 4 N–H and O–H groups in total. The fraction of sp³-hybridized carbons (Fsp3) is 0.517. The number of rotatable bonds is 9. The lowest BCUT2D eigenvalue weighted by Gasteiger charge is -2.43. The molecule has 2 atom stereocenters. The molecule has 2 amide bonds. The number of nitrogens with one attached hydrogen (secondary N) is 4. The number of anilines is 2. The Balaban J connectivity index is 1.64. The van der Waals surface area contributed by atoms with Crippen LogP contribution in [0.15, 0.2) is 36.4 Å². The highest BCUT2D eigenvalue weighted by Crippen LogP contribution is 2.42. The van der Waals surface area contributed by atoms with Crippen LogP contribution in [0.5, 0.6) is 0 Å². The molecule has 1 aliphatic carbocycles. The molecule has 1 fully saturated rings. The average molecular weight is 477 g/mol. The van der Waals surface area contributed by atoms with Crippen LogP contribution in [-0.2, 0) is 28.1 Å². The first kappa shape index (κ1) is 25.4. The number of carbonyl (C=O) groups is 2. The van der Waals surface area contributed by atoms with Gasteiger partial charge in [-0.3, -0.25) is 14.9 Å². The monoisotopic (exact) mass is 476 g/mol. The number of benzene rings is 2. The third-order valence-corrected chi connectivity index (χ3v) is 7.90. The molecule has 0 spiro atoms. The molecule has 0 aromatic heterocycles. The van der Waals surface area contributed by atoms with Gasteiger partial charge in [-0.05, 0) is 79.1 Å². The first-order valence-corrected chi connectivity index (χ1v) is 13.2. The van der Waals surface area contributed by atoms with E-state index < -0.39 is 0 Å². The highest BCUT2D eigenvalue weighted by molar-refractivity contribution is 5.95. The number of hydrogen-bond acceptors (Lipinski definition) is 4. The molecule has 2 aliphatic rings. The molecule has 0 bridgehead atoms. The van der Waals surface area contributed by atoms with E-state index >= 15 is 0 Å². The number of aryl methyl sites for hydroxylation is 1. The van der Waals surface area contributed by atoms with Gasteiger partial charge in [-0.15, -0.1) is 0 Å². The molecule has 0 radical (unpaired) electrons. The summed E-state index contributed by atoms with van der Waals surface area (Å²) in [6.45, 7) is 8.17. The van der Waals surface area contributed by atoms with Crippen molar-refractivity contribution in [2.45, 2.75) is 83.8 Å². The molecule has 6 nitrogen and oxygen atoms in total. The highest BCUT2D eigenvalue weighted by atomic mass is 16.2. The maximum atomic E-state index is 13.7. The van der Waals surface area contributed by atoms with Gasteiger partial charge >= 0.3 is 0 Å². The summed E-state index contributed by atoms with van der Waals surface area (Å²) < 4.78 is 0.